The van der Waals surface area contributed by atoms with Crippen molar-refractivity contribution in [2.24, 2.45) is 5.41 Å². The second-order valence-electron chi connectivity index (χ2n) is 7.41. The van der Waals surface area contributed by atoms with Crippen molar-refractivity contribution in [3.63, 3.8) is 0 Å². The van der Waals surface area contributed by atoms with Gasteiger partial charge in [0.25, 0.3) is 0 Å². The summed E-state index contributed by atoms with van der Waals surface area (Å²) in [5, 5.41) is 4.62. The van der Waals surface area contributed by atoms with Crippen molar-refractivity contribution in [1.82, 2.24) is 25.3 Å². The second-order valence-corrected chi connectivity index (χ2v) is 7.41. The zero-order valence-electron chi connectivity index (χ0n) is 17.2. The molecule has 0 unspecified atom stereocenters. The Labute approximate surface area is 225 Å². The zero-order valence-corrected chi connectivity index (χ0v) is 22.1. The van der Waals surface area contributed by atoms with E-state index in [9.17, 15) is 0 Å². The lowest BCUT2D eigenvalue weighted by atomic mass is 9.78. The van der Waals surface area contributed by atoms with Crippen LogP contribution in [-0.2, 0) is 0 Å². The molecule has 32 heavy (non-hydrogen) atoms. The van der Waals surface area contributed by atoms with Crippen molar-refractivity contribution in [3.8, 4) is 11.4 Å². The van der Waals surface area contributed by atoms with Gasteiger partial charge in [0.15, 0.2) is 5.82 Å². The summed E-state index contributed by atoms with van der Waals surface area (Å²) in [6, 6.07) is 5.94. The lowest BCUT2D eigenvalue weighted by Gasteiger charge is -2.39. The predicted molar refractivity (Wildman–Crippen MR) is 145 cm³/mol. The maximum absolute atomic E-state index is 4.95. The molecule has 0 saturated carbocycles. The number of hydrogen-bond acceptors (Lipinski definition) is 6. The summed E-state index contributed by atoms with van der Waals surface area (Å²) >= 11 is 0. The second kappa shape index (κ2) is 14.4. The van der Waals surface area contributed by atoms with Gasteiger partial charge in [0.1, 0.15) is 5.82 Å². The number of fused-ring (bicyclic) bond motifs is 1. The van der Waals surface area contributed by atoms with Gasteiger partial charge in [0.2, 0.25) is 0 Å². The highest BCUT2D eigenvalue weighted by Crippen LogP contribution is 2.39. The standard InChI is InChI=1S/C20H22N6.6ClH/c1-7-21-8-2-15(1)18-24-17-13-22-9-3-16(17)19(25-18)26-11-5-20(6-12-26)4-10-23-14-20;;;;;;/h1-3,7-9,13,23H,4-6,10-12,14H2;6*1H. The largest absolute Gasteiger partial charge is 0.356 e. The Hall–Kier alpha value is -0.860. The number of hydrogen-bond donors (Lipinski definition) is 1. The molecule has 1 N–H and O–H groups in total. The van der Waals surface area contributed by atoms with Gasteiger partial charge in [-0.15, -0.1) is 74.4 Å². The summed E-state index contributed by atoms with van der Waals surface area (Å²) in [5.41, 5.74) is 2.38. The minimum absolute atomic E-state index is 0. The third kappa shape index (κ3) is 6.60. The Morgan fingerprint density at radius 3 is 2.06 bits per heavy atom. The van der Waals surface area contributed by atoms with Gasteiger partial charge < -0.3 is 10.2 Å². The highest BCUT2D eigenvalue weighted by Gasteiger charge is 2.37. The molecule has 2 aliphatic heterocycles. The van der Waals surface area contributed by atoms with Crippen molar-refractivity contribution in [2.75, 3.05) is 31.1 Å². The van der Waals surface area contributed by atoms with Crippen LogP contribution in [0.1, 0.15) is 19.3 Å². The first-order valence-corrected chi connectivity index (χ1v) is 9.31. The quantitative estimate of drug-likeness (QED) is 0.462. The van der Waals surface area contributed by atoms with Gasteiger partial charge in [-0.25, -0.2) is 9.97 Å². The van der Waals surface area contributed by atoms with Crippen LogP contribution in [0.3, 0.4) is 0 Å². The van der Waals surface area contributed by atoms with Crippen LogP contribution in [0.4, 0.5) is 5.82 Å². The average Bonchev–Trinajstić information content (AvgIpc) is 3.16. The maximum Gasteiger partial charge on any atom is 0.162 e. The van der Waals surface area contributed by atoms with E-state index in [0.717, 1.165) is 54.3 Å². The van der Waals surface area contributed by atoms with Crippen molar-refractivity contribution in [1.29, 1.82) is 0 Å². The molecule has 12 heteroatoms. The molecule has 180 valence electrons. The molecule has 0 aromatic carbocycles. The SMILES string of the molecule is Cl.Cl.Cl.Cl.Cl.Cl.c1cc(-c2nc(N3CCC4(CCNC4)CC3)c3ccncc3n2)ccn1. The number of aromatic nitrogens is 4. The predicted octanol–water partition coefficient (Wildman–Crippen LogP) is 5.20. The number of rotatable bonds is 2. The number of halogens is 6. The molecule has 0 amide bonds. The van der Waals surface area contributed by atoms with Crippen LogP contribution >= 0.6 is 74.4 Å². The first-order valence-electron chi connectivity index (χ1n) is 9.31. The van der Waals surface area contributed by atoms with Gasteiger partial charge in [0, 0.05) is 49.2 Å². The molecule has 0 radical (unpaired) electrons. The molecule has 6 nitrogen and oxygen atoms in total. The van der Waals surface area contributed by atoms with E-state index >= 15 is 0 Å². The van der Waals surface area contributed by atoms with Gasteiger partial charge in [-0.05, 0) is 49.4 Å². The highest BCUT2D eigenvalue weighted by molar-refractivity contribution is 5.90. The van der Waals surface area contributed by atoms with Crippen LogP contribution in [0.2, 0.25) is 0 Å². The molecular weight excluding hydrogens is 537 g/mol. The van der Waals surface area contributed by atoms with Gasteiger partial charge in [-0.2, -0.15) is 0 Å². The van der Waals surface area contributed by atoms with Gasteiger partial charge in [-0.3, -0.25) is 9.97 Å². The van der Waals surface area contributed by atoms with E-state index in [-0.39, 0.29) is 74.4 Å². The molecular formula is C20H28Cl6N6. The van der Waals surface area contributed by atoms with E-state index in [0.29, 0.717) is 5.41 Å². The minimum Gasteiger partial charge on any atom is -0.356 e. The lowest BCUT2D eigenvalue weighted by molar-refractivity contribution is 0.247. The molecule has 3 aromatic heterocycles. The summed E-state index contributed by atoms with van der Waals surface area (Å²) in [4.78, 5) is 20.5. The minimum atomic E-state index is 0. The molecule has 5 rings (SSSR count). The topological polar surface area (TPSA) is 66.8 Å². The molecule has 0 aliphatic carbocycles. The number of piperidine rings is 1. The van der Waals surface area contributed by atoms with E-state index in [1.165, 1.54) is 19.3 Å². The summed E-state index contributed by atoms with van der Waals surface area (Å²) in [6.45, 7) is 4.42. The summed E-state index contributed by atoms with van der Waals surface area (Å²) in [7, 11) is 0. The Bertz CT molecular complexity index is 932. The molecule has 3 aromatic rings. The molecule has 2 fully saturated rings. The van der Waals surface area contributed by atoms with E-state index in [2.05, 4.69) is 20.2 Å². The van der Waals surface area contributed by atoms with Crippen molar-refractivity contribution >= 4 is 91.2 Å². The molecule has 0 atom stereocenters. The molecule has 1 spiro atoms. The van der Waals surface area contributed by atoms with Crippen LogP contribution in [0.15, 0.2) is 43.0 Å². The maximum atomic E-state index is 4.95. The monoisotopic (exact) mass is 562 g/mol. The van der Waals surface area contributed by atoms with Crippen LogP contribution < -0.4 is 10.2 Å². The Morgan fingerprint density at radius 2 is 1.44 bits per heavy atom. The highest BCUT2D eigenvalue weighted by atomic mass is 35.5. The Balaban J connectivity index is 0. The molecule has 5 heterocycles. The van der Waals surface area contributed by atoms with Gasteiger partial charge in [-0.1, -0.05) is 0 Å². The first-order chi connectivity index (χ1) is 12.8. The summed E-state index contributed by atoms with van der Waals surface area (Å²) in [6.07, 6.45) is 11.0. The Morgan fingerprint density at radius 1 is 0.781 bits per heavy atom. The van der Waals surface area contributed by atoms with E-state index < -0.39 is 0 Å². The normalized spacial score (nSPS) is 15.7. The van der Waals surface area contributed by atoms with Crippen LogP contribution in [0.5, 0.6) is 0 Å². The van der Waals surface area contributed by atoms with Gasteiger partial charge in [0.05, 0.1) is 11.7 Å². The van der Waals surface area contributed by atoms with Crippen molar-refractivity contribution < 1.29 is 0 Å². The fourth-order valence-corrected chi connectivity index (χ4v) is 4.25. The number of anilines is 1. The van der Waals surface area contributed by atoms with E-state index in [1.54, 1.807) is 12.4 Å². The molecule has 0 bridgehead atoms. The average molecular weight is 565 g/mol. The third-order valence-corrected chi connectivity index (χ3v) is 5.87. The fourth-order valence-electron chi connectivity index (χ4n) is 4.25. The number of nitrogens with one attached hydrogen (secondary N) is 1. The van der Waals surface area contributed by atoms with Crippen molar-refractivity contribution in [2.45, 2.75) is 19.3 Å². The van der Waals surface area contributed by atoms with Crippen LogP contribution in [0.25, 0.3) is 22.3 Å². The lowest BCUT2D eigenvalue weighted by Crippen LogP contribution is -2.41. The van der Waals surface area contributed by atoms with Gasteiger partial charge >= 0.3 is 0 Å². The summed E-state index contributed by atoms with van der Waals surface area (Å²) in [5.74, 6) is 1.77. The first kappa shape index (κ1) is 33.3. The fraction of sp³-hybridized carbons (Fsp3) is 0.400. The van der Waals surface area contributed by atoms with Crippen LogP contribution in [-0.4, -0.2) is 46.1 Å². The number of pyridine rings is 2. The molecule has 2 saturated heterocycles. The Kier molecular flexibility index (Phi) is 15.0. The van der Waals surface area contributed by atoms with Crippen molar-refractivity contribution in [3.05, 3.63) is 43.0 Å². The number of nitrogens with zero attached hydrogens (tertiary/aromatic N) is 5. The summed E-state index contributed by atoms with van der Waals surface area (Å²) < 4.78 is 0. The van der Waals surface area contributed by atoms with E-state index in [4.69, 9.17) is 9.97 Å². The molecule has 2 aliphatic rings. The van der Waals surface area contributed by atoms with E-state index in [1.807, 2.05) is 30.6 Å². The smallest absolute Gasteiger partial charge is 0.162 e. The van der Waals surface area contributed by atoms with Crippen LogP contribution in [0, 0.1) is 5.41 Å². The third-order valence-electron chi connectivity index (χ3n) is 5.87. The zero-order chi connectivity index (χ0) is 17.4.